The molecule has 1 spiro atoms. The summed E-state index contributed by atoms with van der Waals surface area (Å²) in [4.78, 5) is 46.9. The van der Waals surface area contributed by atoms with E-state index in [9.17, 15) is 19.5 Å². The number of ketones is 1. The molecule has 5 rings (SSSR count). The molecule has 0 saturated carbocycles. The molecule has 1 atom stereocenters. The minimum atomic E-state index is -1.81. The van der Waals surface area contributed by atoms with Crippen LogP contribution in [0.15, 0.2) is 73.3 Å². The first-order valence-electron chi connectivity index (χ1n) is 13.3. The first-order valence-corrected chi connectivity index (χ1v) is 13.3. The minimum Gasteiger partial charge on any atom is -0.507 e. The number of para-hydroxylation sites is 1. The van der Waals surface area contributed by atoms with E-state index in [-0.39, 0.29) is 18.7 Å². The number of hydrogen-bond acceptors (Lipinski definition) is 7. The zero-order chi connectivity index (χ0) is 28.4. The van der Waals surface area contributed by atoms with Crippen LogP contribution in [0.25, 0.3) is 5.76 Å². The maximum atomic E-state index is 14.4. The van der Waals surface area contributed by atoms with Crippen LogP contribution >= 0.6 is 0 Å². The van der Waals surface area contributed by atoms with E-state index in [1.54, 1.807) is 54.6 Å². The fourth-order valence-electron chi connectivity index (χ4n) is 5.79. The number of anilines is 1. The summed E-state index contributed by atoms with van der Waals surface area (Å²) in [5, 5.41) is 11.7. The van der Waals surface area contributed by atoms with Crippen molar-refractivity contribution in [3.8, 4) is 5.75 Å². The van der Waals surface area contributed by atoms with E-state index < -0.39 is 28.9 Å². The topological polar surface area (TPSA) is 99.6 Å². The van der Waals surface area contributed by atoms with Gasteiger partial charge in [-0.15, -0.1) is 6.58 Å². The number of nitrogens with zero attached hydrogens (tertiary/aromatic N) is 3. The minimum absolute atomic E-state index is 0.122. The standard InChI is InChI=1S/C31H33N3O6/c1-4-12-33-24-9-7-6-8-23(24)31(30(33)38)26(27(35)22-10-11-25(21(3)20-22)40-17-5-2)28(36)29(37)34(31)14-13-32-15-18-39-19-16-32/h4-11,20,35H,1-2,12-19H2,3H3/t31-/m0/s1. The summed E-state index contributed by atoms with van der Waals surface area (Å²) in [6.45, 7) is 12.8. The third kappa shape index (κ3) is 4.31. The lowest BCUT2D eigenvalue weighted by Gasteiger charge is -2.36. The number of amides is 2. The number of rotatable bonds is 9. The number of morpholine rings is 1. The largest absolute Gasteiger partial charge is 0.507 e. The van der Waals surface area contributed by atoms with Crippen LogP contribution < -0.4 is 9.64 Å². The van der Waals surface area contributed by atoms with Crippen molar-refractivity contribution in [3.63, 3.8) is 0 Å². The van der Waals surface area contributed by atoms with Gasteiger partial charge in [-0.2, -0.15) is 0 Å². The van der Waals surface area contributed by atoms with Crippen LogP contribution in [-0.4, -0.2) is 85.0 Å². The summed E-state index contributed by atoms with van der Waals surface area (Å²) >= 11 is 0. The predicted molar refractivity (Wildman–Crippen MR) is 151 cm³/mol. The fourth-order valence-corrected chi connectivity index (χ4v) is 5.79. The highest BCUT2D eigenvalue weighted by molar-refractivity contribution is 6.50. The number of benzene rings is 2. The van der Waals surface area contributed by atoms with E-state index in [0.29, 0.717) is 67.6 Å². The van der Waals surface area contributed by atoms with Crippen LogP contribution in [0.5, 0.6) is 5.75 Å². The maximum absolute atomic E-state index is 14.4. The van der Waals surface area contributed by atoms with E-state index >= 15 is 0 Å². The Hall–Kier alpha value is -4.21. The number of carbonyl (C=O) groups is 3. The van der Waals surface area contributed by atoms with Gasteiger partial charge < -0.3 is 24.4 Å². The summed E-state index contributed by atoms with van der Waals surface area (Å²) in [5.74, 6) is -2.00. The molecule has 2 aromatic rings. The lowest BCUT2D eigenvalue weighted by molar-refractivity contribution is -0.144. The highest BCUT2D eigenvalue weighted by atomic mass is 16.5. The molecule has 3 aliphatic rings. The van der Waals surface area contributed by atoms with Crippen LogP contribution in [0, 0.1) is 6.92 Å². The van der Waals surface area contributed by atoms with Crippen LogP contribution in [0.3, 0.4) is 0 Å². The quantitative estimate of drug-likeness (QED) is 0.225. The molecule has 2 saturated heterocycles. The fraction of sp³-hybridized carbons (Fsp3) is 0.323. The number of aliphatic hydroxyl groups is 1. The highest BCUT2D eigenvalue weighted by Gasteiger charge is 2.66. The molecule has 208 valence electrons. The van der Waals surface area contributed by atoms with Gasteiger partial charge in [0.25, 0.3) is 17.6 Å². The summed E-state index contributed by atoms with van der Waals surface area (Å²) in [6.07, 6.45) is 3.22. The monoisotopic (exact) mass is 543 g/mol. The van der Waals surface area contributed by atoms with E-state index in [0.717, 1.165) is 0 Å². The molecule has 0 unspecified atom stereocenters. The van der Waals surface area contributed by atoms with Gasteiger partial charge in [-0.3, -0.25) is 19.3 Å². The predicted octanol–water partition coefficient (Wildman–Crippen LogP) is 3.00. The van der Waals surface area contributed by atoms with Crippen molar-refractivity contribution in [2.45, 2.75) is 12.5 Å². The Morgan fingerprint density at radius 3 is 2.52 bits per heavy atom. The zero-order valence-electron chi connectivity index (χ0n) is 22.6. The molecule has 3 aliphatic heterocycles. The van der Waals surface area contributed by atoms with Crippen LogP contribution in [0.1, 0.15) is 16.7 Å². The third-order valence-corrected chi connectivity index (χ3v) is 7.67. The van der Waals surface area contributed by atoms with E-state index in [2.05, 4.69) is 18.1 Å². The van der Waals surface area contributed by atoms with E-state index in [1.165, 1.54) is 9.80 Å². The summed E-state index contributed by atoms with van der Waals surface area (Å²) in [7, 11) is 0. The Kier molecular flexibility index (Phi) is 7.60. The number of hydrogen-bond donors (Lipinski definition) is 1. The van der Waals surface area contributed by atoms with E-state index in [4.69, 9.17) is 9.47 Å². The van der Waals surface area contributed by atoms with Gasteiger partial charge in [-0.05, 0) is 36.8 Å². The molecule has 9 heteroatoms. The van der Waals surface area contributed by atoms with Gasteiger partial charge in [-0.25, -0.2) is 0 Å². The molecule has 0 aromatic heterocycles. The van der Waals surface area contributed by atoms with Gasteiger partial charge in [0.2, 0.25) is 0 Å². The molecule has 2 fully saturated rings. The van der Waals surface area contributed by atoms with Gasteiger partial charge in [0.15, 0.2) is 5.54 Å². The SMILES string of the molecule is C=CCOc1ccc(C(O)=C2C(=O)C(=O)N(CCN3CCOCC3)[C@]23C(=O)N(CC=C)c2ccccc23)cc1C. The van der Waals surface area contributed by atoms with Crippen LogP contribution in [0.4, 0.5) is 5.69 Å². The van der Waals surface area contributed by atoms with Gasteiger partial charge in [0.1, 0.15) is 18.1 Å². The number of likely N-dealkylation sites (tertiary alicyclic amines) is 1. The molecule has 2 amide bonds. The molecular formula is C31H33N3O6. The summed E-state index contributed by atoms with van der Waals surface area (Å²) in [6, 6.07) is 12.1. The molecule has 2 aromatic carbocycles. The van der Waals surface area contributed by atoms with Crippen molar-refractivity contribution >= 4 is 29.0 Å². The number of fused-ring (bicyclic) bond motifs is 2. The second-order valence-corrected chi connectivity index (χ2v) is 9.98. The van der Waals surface area contributed by atoms with Gasteiger partial charge in [-0.1, -0.05) is 36.9 Å². The maximum Gasteiger partial charge on any atom is 0.296 e. The van der Waals surface area contributed by atoms with Crippen molar-refractivity contribution in [2.24, 2.45) is 0 Å². The van der Waals surface area contributed by atoms with Crippen molar-refractivity contribution in [1.82, 2.24) is 9.80 Å². The first kappa shape index (κ1) is 27.4. The Morgan fingerprint density at radius 1 is 1.07 bits per heavy atom. The zero-order valence-corrected chi connectivity index (χ0v) is 22.6. The van der Waals surface area contributed by atoms with Crippen molar-refractivity contribution in [2.75, 3.05) is 57.4 Å². The average molecular weight is 544 g/mol. The molecule has 0 bridgehead atoms. The molecule has 9 nitrogen and oxygen atoms in total. The Morgan fingerprint density at radius 2 is 1.82 bits per heavy atom. The number of carbonyl (C=O) groups excluding carboxylic acids is 3. The van der Waals surface area contributed by atoms with Crippen molar-refractivity contribution < 1.29 is 29.0 Å². The molecule has 0 radical (unpaired) electrons. The lowest BCUT2D eigenvalue weighted by Crippen LogP contribution is -2.54. The van der Waals surface area contributed by atoms with E-state index in [1.807, 2.05) is 6.92 Å². The Bertz CT molecular complexity index is 1410. The average Bonchev–Trinajstić information content (AvgIpc) is 3.34. The summed E-state index contributed by atoms with van der Waals surface area (Å²) < 4.78 is 11.1. The first-order chi connectivity index (χ1) is 19.4. The van der Waals surface area contributed by atoms with Gasteiger partial charge in [0, 0.05) is 43.9 Å². The Labute approximate surface area is 233 Å². The lowest BCUT2D eigenvalue weighted by atomic mass is 9.81. The van der Waals surface area contributed by atoms with Crippen LogP contribution in [0.2, 0.25) is 0 Å². The second kappa shape index (κ2) is 11.1. The molecule has 3 heterocycles. The molecular weight excluding hydrogens is 510 g/mol. The van der Waals surface area contributed by atoms with Crippen molar-refractivity contribution in [1.29, 1.82) is 0 Å². The molecule has 0 aliphatic carbocycles. The highest BCUT2D eigenvalue weighted by Crippen LogP contribution is 2.53. The second-order valence-electron chi connectivity index (χ2n) is 9.98. The van der Waals surface area contributed by atoms with Gasteiger partial charge >= 0.3 is 0 Å². The number of aliphatic hydroxyl groups excluding tert-OH is 1. The van der Waals surface area contributed by atoms with Crippen molar-refractivity contribution in [3.05, 3.63) is 90.0 Å². The third-order valence-electron chi connectivity index (χ3n) is 7.67. The number of aryl methyl sites for hydroxylation is 1. The summed E-state index contributed by atoms with van der Waals surface area (Å²) in [5.41, 5.74) is 0.0287. The van der Waals surface area contributed by atoms with Crippen LogP contribution in [-0.2, 0) is 24.7 Å². The smallest absolute Gasteiger partial charge is 0.296 e. The Balaban J connectivity index is 1.68. The normalized spacial score (nSPS) is 22.2. The number of ether oxygens (including phenoxy) is 2. The molecule has 40 heavy (non-hydrogen) atoms. The van der Waals surface area contributed by atoms with Gasteiger partial charge in [0.05, 0.1) is 24.5 Å². The molecule has 1 N–H and O–H groups in total. The number of Topliss-reactive ketones (excluding diaryl/α,β-unsaturated/α-hetero) is 1.